The van der Waals surface area contributed by atoms with Crippen LogP contribution >= 0.6 is 11.3 Å². The quantitative estimate of drug-likeness (QED) is 0.110. The van der Waals surface area contributed by atoms with Gasteiger partial charge in [-0.2, -0.15) is 4.98 Å². The summed E-state index contributed by atoms with van der Waals surface area (Å²) in [7, 11) is 0. The topological polar surface area (TPSA) is 80.3 Å². The number of aliphatic hydroxyl groups excluding tert-OH is 1. The van der Waals surface area contributed by atoms with Crippen LogP contribution in [0.1, 0.15) is 79.7 Å². The number of benzene rings is 2. The Labute approximate surface area is 261 Å². The number of allylic oxidation sites excluding steroid dienone is 2. The van der Waals surface area contributed by atoms with Crippen molar-refractivity contribution in [3.63, 3.8) is 0 Å². The van der Waals surface area contributed by atoms with Gasteiger partial charge in [0.25, 0.3) is 5.65 Å². The van der Waals surface area contributed by atoms with Gasteiger partial charge in [-0.1, -0.05) is 89.2 Å². The normalized spacial score (nSPS) is 11.8. The summed E-state index contributed by atoms with van der Waals surface area (Å²) in [5.41, 5.74) is 3.51. The molecule has 1 radical (unpaired) electrons. The Hall–Kier alpha value is -2.98. The van der Waals surface area contributed by atoms with Crippen molar-refractivity contribution in [2.24, 2.45) is 11.8 Å². The number of carbonyl (C=O) groups is 1. The van der Waals surface area contributed by atoms with Crippen LogP contribution in [0.2, 0.25) is 0 Å². The van der Waals surface area contributed by atoms with Crippen LogP contribution in [0.4, 0.5) is 5.13 Å². The van der Waals surface area contributed by atoms with E-state index in [-0.39, 0.29) is 48.9 Å². The molecule has 0 unspecified atom stereocenters. The third-order valence-electron chi connectivity index (χ3n) is 7.20. The molecule has 0 spiro atoms. The number of hydrogen-bond acceptors (Lipinski definition) is 6. The minimum Gasteiger partial charge on any atom is -0.512 e. The number of thiazole rings is 1. The standard InChI is InChI=1S/C20H15N4S.C13H24O2.Ir/c1-20(2,3)15-10-13(9-12-7-5-6-8-14(12)15)16-17-18(23-11-22-16)24-19(21-4)25-17;1-5-10(6-2)12(14)9-13(15)11(7-3)8-4;/h5-8,10-11H,1-3H3;9-11,14H,5-8H2,1-4H3;/q-1;;/b;12-9-;. The molecule has 6 nitrogen and oxygen atoms in total. The van der Waals surface area contributed by atoms with Crippen molar-refractivity contribution in [2.45, 2.75) is 79.6 Å². The van der Waals surface area contributed by atoms with E-state index in [0.717, 1.165) is 47.0 Å². The fourth-order valence-electron chi connectivity index (χ4n) is 4.74. The molecular formula is C33H39IrN4O2S-. The molecule has 2 aromatic heterocycles. The Bertz CT molecular complexity index is 1540. The fourth-order valence-corrected chi connectivity index (χ4v) is 5.55. The Morgan fingerprint density at radius 1 is 1.07 bits per heavy atom. The summed E-state index contributed by atoms with van der Waals surface area (Å²) in [6.07, 6.45) is 6.41. The van der Waals surface area contributed by atoms with Crippen LogP contribution in [0.15, 0.2) is 48.5 Å². The van der Waals surface area contributed by atoms with Gasteiger partial charge in [0.15, 0.2) is 5.78 Å². The van der Waals surface area contributed by atoms with Crippen LogP contribution in [-0.2, 0) is 30.3 Å². The molecule has 0 amide bonds. The van der Waals surface area contributed by atoms with Crippen molar-refractivity contribution in [1.29, 1.82) is 0 Å². The van der Waals surface area contributed by atoms with E-state index in [4.69, 9.17) is 6.57 Å². The smallest absolute Gasteiger partial charge is 0.331 e. The van der Waals surface area contributed by atoms with Gasteiger partial charge in [0.05, 0.1) is 10.5 Å². The number of rotatable bonds is 8. The summed E-state index contributed by atoms with van der Waals surface area (Å²) < 4.78 is 0.833. The van der Waals surface area contributed by atoms with Crippen LogP contribution in [0.25, 0.3) is 37.2 Å². The number of carbonyl (C=O) groups excluding carboxylic acids is 1. The average molecular weight is 748 g/mol. The summed E-state index contributed by atoms with van der Waals surface area (Å²) in [4.78, 5) is 28.1. The second-order valence-electron chi connectivity index (χ2n) is 10.9. The first-order chi connectivity index (χ1) is 19.1. The molecule has 0 atom stereocenters. The third-order valence-corrected chi connectivity index (χ3v) is 8.14. The second-order valence-corrected chi connectivity index (χ2v) is 11.9. The maximum absolute atomic E-state index is 11.7. The van der Waals surface area contributed by atoms with Gasteiger partial charge in [-0.05, 0) is 31.1 Å². The molecule has 0 saturated carbocycles. The molecule has 4 aromatic rings. The van der Waals surface area contributed by atoms with Crippen LogP contribution in [0.5, 0.6) is 0 Å². The molecule has 2 aromatic carbocycles. The van der Waals surface area contributed by atoms with Gasteiger partial charge < -0.3 is 9.95 Å². The molecule has 0 fully saturated rings. The van der Waals surface area contributed by atoms with Crippen LogP contribution in [0, 0.1) is 24.5 Å². The van der Waals surface area contributed by atoms with Crippen molar-refractivity contribution in [1.82, 2.24) is 15.0 Å². The van der Waals surface area contributed by atoms with E-state index in [1.54, 1.807) is 0 Å². The third kappa shape index (κ3) is 8.29. The maximum Gasteiger partial charge on any atom is 0.331 e. The van der Waals surface area contributed by atoms with Gasteiger partial charge in [0, 0.05) is 43.7 Å². The zero-order valence-corrected chi connectivity index (χ0v) is 28.1. The van der Waals surface area contributed by atoms with Gasteiger partial charge >= 0.3 is 5.13 Å². The Morgan fingerprint density at radius 3 is 2.29 bits per heavy atom. The van der Waals surface area contributed by atoms with E-state index in [1.165, 1.54) is 34.7 Å². The van der Waals surface area contributed by atoms with Crippen molar-refractivity contribution in [2.75, 3.05) is 0 Å². The zero-order valence-electron chi connectivity index (χ0n) is 24.9. The molecular weight excluding hydrogens is 709 g/mol. The van der Waals surface area contributed by atoms with Crippen molar-refractivity contribution >= 4 is 43.4 Å². The van der Waals surface area contributed by atoms with Crippen LogP contribution < -0.4 is 0 Å². The number of aliphatic hydroxyl groups is 1. The first-order valence-corrected chi connectivity index (χ1v) is 14.8. The molecule has 1 N–H and O–H groups in total. The number of fused-ring (bicyclic) bond motifs is 2. The molecule has 219 valence electrons. The van der Waals surface area contributed by atoms with E-state index in [0.29, 0.717) is 10.8 Å². The summed E-state index contributed by atoms with van der Waals surface area (Å²) in [5, 5.41) is 12.4. The molecule has 0 saturated heterocycles. The summed E-state index contributed by atoms with van der Waals surface area (Å²) >= 11 is 1.33. The van der Waals surface area contributed by atoms with Crippen LogP contribution in [0.3, 0.4) is 0 Å². The van der Waals surface area contributed by atoms with Gasteiger partial charge in [0.2, 0.25) is 0 Å². The number of nitrogens with zero attached hydrogens (tertiary/aromatic N) is 4. The molecule has 0 aliphatic rings. The SMILES string of the molecule is CCC(CC)C(=O)/C=C(\O)C(CC)CC.[C-]#[N+]c1nc2ncnc(-c3[c-]c4ccccc4c(C(C)(C)C)c3)c2s1.[Ir]. The van der Waals surface area contributed by atoms with E-state index in [2.05, 4.69) is 70.9 Å². The van der Waals surface area contributed by atoms with Gasteiger partial charge in [-0.3, -0.25) is 9.78 Å². The summed E-state index contributed by atoms with van der Waals surface area (Å²) in [6, 6.07) is 13.9. The van der Waals surface area contributed by atoms with Crippen molar-refractivity contribution in [3.05, 3.63) is 71.5 Å². The fraction of sp³-hybridized carbons (Fsp3) is 0.424. The van der Waals surface area contributed by atoms with Crippen molar-refractivity contribution in [3.8, 4) is 11.3 Å². The Morgan fingerprint density at radius 2 is 1.71 bits per heavy atom. The Kier molecular flexibility index (Phi) is 12.8. The molecule has 0 bridgehead atoms. The predicted molar refractivity (Wildman–Crippen MR) is 166 cm³/mol. The monoisotopic (exact) mass is 748 g/mol. The number of aromatic nitrogens is 3. The molecule has 2 heterocycles. The zero-order chi connectivity index (χ0) is 29.4. The first-order valence-electron chi connectivity index (χ1n) is 14.0. The molecule has 0 aliphatic carbocycles. The molecule has 41 heavy (non-hydrogen) atoms. The van der Waals surface area contributed by atoms with E-state index in [1.807, 2.05) is 33.8 Å². The minimum absolute atomic E-state index is 0. The van der Waals surface area contributed by atoms with E-state index >= 15 is 0 Å². The average Bonchev–Trinajstić information content (AvgIpc) is 3.37. The Balaban J connectivity index is 0.000000320. The predicted octanol–water partition coefficient (Wildman–Crippen LogP) is 9.42. The first kappa shape index (κ1) is 34.2. The minimum atomic E-state index is -0.00896. The van der Waals surface area contributed by atoms with E-state index in [9.17, 15) is 9.90 Å². The molecule has 4 rings (SSSR count). The van der Waals surface area contributed by atoms with E-state index < -0.39 is 0 Å². The maximum atomic E-state index is 11.7. The second kappa shape index (κ2) is 15.3. The number of ketones is 1. The molecule has 0 aliphatic heterocycles. The van der Waals surface area contributed by atoms with Gasteiger partial charge in [-0.15, -0.1) is 40.5 Å². The largest absolute Gasteiger partial charge is 0.512 e. The summed E-state index contributed by atoms with van der Waals surface area (Å²) in [5.74, 6) is 0.547. The molecule has 8 heteroatoms. The van der Waals surface area contributed by atoms with Crippen LogP contribution in [-0.4, -0.2) is 25.8 Å². The van der Waals surface area contributed by atoms with Crippen molar-refractivity contribution < 1.29 is 30.0 Å². The summed E-state index contributed by atoms with van der Waals surface area (Å²) in [6.45, 7) is 21.9. The number of hydrogen-bond donors (Lipinski definition) is 1. The van der Waals surface area contributed by atoms with Gasteiger partial charge in [-0.25, -0.2) is 0 Å². The van der Waals surface area contributed by atoms with Gasteiger partial charge in [0.1, 0.15) is 6.33 Å².